The summed E-state index contributed by atoms with van der Waals surface area (Å²) < 4.78 is 26.1. The molecule has 190 valence electrons. The average Bonchev–Trinajstić information content (AvgIpc) is 3.38. The van der Waals surface area contributed by atoms with Crippen molar-refractivity contribution in [3.63, 3.8) is 0 Å². The van der Waals surface area contributed by atoms with Gasteiger partial charge < -0.3 is 14.8 Å². The SMILES string of the molecule is COc1cc2c(=O)n(CCC(=O)NC3CCCC3)c(=O)n(CC(=O)c3ccc(F)cc3)c2cc1OC. The number of nitrogens with zero attached hydrogens (tertiary/aromatic N) is 2. The van der Waals surface area contributed by atoms with Gasteiger partial charge >= 0.3 is 5.69 Å². The van der Waals surface area contributed by atoms with Crippen molar-refractivity contribution < 1.29 is 23.5 Å². The summed E-state index contributed by atoms with van der Waals surface area (Å²) in [5, 5.41) is 3.08. The summed E-state index contributed by atoms with van der Waals surface area (Å²) in [6.07, 6.45) is 3.90. The fourth-order valence-corrected chi connectivity index (χ4v) is 4.55. The van der Waals surface area contributed by atoms with Crippen LogP contribution in [0.25, 0.3) is 10.9 Å². The second kappa shape index (κ2) is 10.8. The van der Waals surface area contributed by atoms with E-state index in [-0.39, 0.29) is 52.9 Å². The molecule has 1 aliphatic rings. The van der Waals surface area contributed by atoms with Crippen LogP contribution in [0.4, 0.5) is 4.39 Å². The van der Waals surface area contributed by atoms with Crippen molar-refractivity contribution in [2.75, 3.05) is 14.2 Å². The highest BCUT2D eigenvalue weighted by Crippen LogP contribution is 2.30. The molecule has 2 aromatic carbocycles. The summed E-state index contributed by atoms with van der Waals surface area (Å²) in [5.74, 6) is -0.620. The summed E-state index contributed by atoms with van der Waals surface area (Å²) in [5.41, 5.74) is -0.936. The van der Waals surface area contributed by atoms with Crippen LogP contribution in [0.1, 0.15) is 42.5 Å². The van der Waals surface area contributed by atoms with Crippen LogP contribution in [0.5, 0.6) is 11.5 Å². The number of Topliss-reactive ketones (excluding diaryl/α,β-unsaturated/α-hetero) is 1. The van der Waals surface area contributed by atoms with Crippen LogP contribution >= 0.6 is 0 Å². The molecule has 1 fully saturated rings. The van der Waals surface area contributed by atoms with Gasteiger partial charge in [-0.05, 0) is 43.2 Å². The highest BCUT2D eigenvalue weighted by molar-refractivity contribution is 5.96. The van der Waals surface area contributed by atoms with Gasteiger partial charge in [-0.3, -0.25) is 23.5 Å². The number of hydrogen-bond acceptors (Lipinski definition) is 6. The van der Waals surface area contributed by atoms with E-state index in [1.807, 2.05) is 0 Å². The van der Waals surface area contributed by atoms with E-state index in [2.05, 4.69) is 5.32 Å². The molecular formula is C26H28FN3O6. The van der Waals surface area contributed by atoms with Crippen molar-refractivity contribution in [2.24, 2.45) is 0 Å². The third-order valence-electron chi connectivity index (χ3n) is 6.48. The molecule has 0 saturated heterocycles. The first-order valence-electron chi connectivity index (χ1n) is 11.8. The smallest absolute Gasteiger partial charge is 0.331 e. The highest BCUT2D eigenvalue weighted by Gasteiger charge is 2.21. The van der Waals surface area contributed by atoms with Crippen molar-refractivity contribution in [3.8, 4) is 11.5 Å². The number of hydrogen-bond donors (Lipinski definition) is 1. The van der Waals surface area contributed by atoms with Gasteiger partial charge in [0.05, 0.1) is 31.7 Å². The largest absolute Gasteiger partial charge is 0.493 e. The average molecular weight is 498 g/mol. The molecule has 0 radical (unpaired) electrons. The van der Waals surface area contributed by atoms with Gasteiger partial charge in [-0.1, -0.05) is 12.8 Å². The molecule has 1 aliphatic carbocycles. The minimum absolute atomic E-state index is 0.0592. The lowest BCUT2D eigenvalue weighted by molar-refractivity contribution is -0.122. The summed E-state index contributed by atoms with van der Waals surface area (Å²) >= 11 is 0. The molecule has 0 atom stereocenters. The first kappa shape index (κ1) is 25.2. The topological polar surface area (TPSA) is 109 Å². The Balaban J connectivity index is 1.75. The quantitative estimate of drug-likeness (QED) is 0.456. The summed E-state index contributed by atoms with van der Waals surface area (Å²) in [6, 6.07) is 8.01. The molecule has 9 nitrogen and oxygen atoms in total. The van der Waals surface area contributed by atoms with Crippen LogP contribution in [-0.4, -0.2) is 41.1 Å². The van der Waals surface area contributed by atoms with E-state index in [1.54, 1.807) is 0 Å². The Morgan fingerprint density at radius 1 is 1.00 bits per heavy atom. The van der Waals surface area contributed by atoms with Gasteiger partial charge in [0, 0.05) is 30.6 Å². The lowest BCUT2D eigenvalue weighted by atomic mass is 10.1. The number of ether oxygens (including phenoxy) is 2. The highest BCUT2D eigenvalue weighted by atomic mass is 19.1. The number of rotatable bonds is 9. The standard InChI is InChI=1S/C26H28FN3O6/c1-35-22-13-19-20(14-23(22)36-2)30(15-21(31)16-7-9-17(27)10-8-16)26(34)29(25(19)33)12-11-24(32)28-18-5-3-4-6-18/h7-10,13-14,18H,3-6,11-12,15H2,1-2H3,(H,28,32). The third kappa shape index (κ3) is 5.17. The molecule has 3 aromatic rings. The normalized spacial score (nSPS) is 13.6. The Labute approximate surface area is 206 Å². The van der Waals surface area contributed by atoms with Gasteiger partial charge in [0.25, 0.3) is 5.56 Å². The van der Waals surface area contributed by atoms with E-state index in [9.17, 15) is 23.6 Å². The molecule has 0 unspecified atom stereocenters. The molecule has 1 N–H and O–H groups in total. The van der Waals surface area contributed by atoms with Gasteiger partial charge in [0.15, 0.2) is 17.3 Å². The molecular weight excluding hydrogens is 469 g/mol. The number of aromatic nitrogens is 2. The van der Waals surface area contributed by atoms with Crippen LogP contribution in [-0.2, 0) is 17.9 Å². The zero-order chi connectivity index (χ0) is 25.8. The predicted molar refractivity (Wildman–Crippen MR) is 131 cm³/mol. The Kier molecular flexibility index (Phi) is 7.52. The third-order valence-corrected chi connectivity index (χ3v) is 6.48. The molecule has 1 heterocycles. The molecule has 36 heavy (non-hydrogen) atoms. The Morgan fingerprint density at radius 2 is 1.64 bits per heavy atom. The molecule has 1 aromatic heterocycles. The maximum absolute atomic E-state index is 13.4. The number of halogens is 1. The molecule has 4 rings (SSSR count). The van der Waals surface area contributed by atoms with E-state index < -0.39 is 29.4 Å². The lowest BCUT2D eigenvalue weighted by Crippen LogP contribution is -2.42. The maximum atomic E-state index is 13.4. The van der Waals surface area contributed by atoms with Gasteiger partial charge in [0.2, 0.25) is 5.91 Å². The van der Waals surface area contributed by atoms with Crippen molar-refractivity contribution in [3.05, 3.63) is 68.6 Å². The van der Waals surface area contributed by atoms with Crippen LogP contribution < -0.4 is 26.0 Å². The summed E-state index contributed by atoms with van der Waals surface area (Å²) in [7, 11) is 2.84. The molecule has 10 heteroatoms. The van der Waals surface area contributed by atoms with Gasteiger partial charge in [-0.15, -0.1) is 0 Å². The van der Waals surface area contributed by atoms with E-state index in [0.717, 1.165) is 42.4 Å². The number of ketones is 1. The summed E-state index contributed by atoms with van der Waals surface area (Å²) in [4.78, 5) is 52.2. The van der Waals surface area contributed by atoms with Crippen molar-refractivity contribution in [1.29, 1.82) is 0 Å². The van der Waals surface area contributed by atoms with E-state index in [0.29, 0.717) is 0 Å². The Hall–Kier alpha value is -3.95. The minimum Gasteiger partial charge on any atom is -0.493 e. The lowest BCUT2D eigenvalue weighted by Gasteiger charge is -2.16. The monoisotopic (exact) mass is 497 g/mol. The number of carbonyl (C=O) groups excluding carboxylic acids is 2. The van der Waals surface area contributed by atoms with Gasteiger partial charge in [-0.25, -0.2) is 9.18 Å². The second-order valence-corrected chi connectivity index (χ2v) is 8.78. The van der Waals surface area contributed by atoms with Crippen molar-refractivity contribution in [1.82, 2.24) is 14.5 Å². The first-order chi connectivity index (χ1) is 17.3. The number of fused-ring (bicyclic) bond motifs is 1. The Morgan fingerprint density at radius 3 is 2.28 bits per heavy atom. The molecule has 1 amide bonds. The van der Waals surface area contributed by atoms with Crippen LogP contribution in [0, 0.1) is 5.82 Å². The fourth-order valence-electron chi connectivity index (χ4n) is 4.55. The molecule has 0 aliphatic heterocycles. The number of amides is 1. The number of methoxy groups -OCH3 is 2. The minimum atomic E-state index is -0.733. The zero-order valence-electron chi connectivity index (χ0n) is 20.2. The van der Waals surface area contributed by atoms with Crippen LogP contribution in [0.2, 0.25) is 0 Å². The molecule has 1 saturated carbocycles. The van der Waals surface area contributed by atoms with Gasteiger partial charge in [0.1, 0.15) is 5.82 Å². The van der Waals surface area contributed by atoms with Gasteiger partial charge in [-0.2, -0.15) is 0 Å². The number of carbonyl (C=O) groups is 2. The van der Waals surface area contributed by atoms with Crippen LogP contribution in [0.15, 0.2) is 46.0 Å². The van der Waals surface area contributed by atoms with Crippen molar-refractivity contribution in [2.45, 2.75) is 51.2 Å². The summed E-state index contributed by atoms with van der Waals surface area (Å²) in [6.45, 7) is -0.545. The molecule has 0 bridgehead atoms. The Bertz CT molecular complexity index is 1400. The first-order valence-corrected chi connectivity index (χ1v) is 11.8. The zero-order valence-corrected chi connectivity index (χ0v) is 20.2. The maximum Gasteiger partial charge on any atom is 0.331 e. The van der Waals surface area contributed by atoms with E-state index >= 15 is 0 Å². The molecule has 0 spiro atoms. The van der Waals surface area contributed by atoms with Crippen molar-refractivity contribution >= 4 is 22.6 Å². The van der Waals surface area contributed by atoms with Crippen LogP contribution in [0.3, 0.4) is 0 Å². The number of benzene rings is 2. The van der Waals surface area contributed by atoms with E-state index in [1.165, 1.54) is 43.1 Å². The van der Waals surface area contributed by atoms with E-state index in [4.69, 9.17) is 9.47 Å². The number of nitrogens with one attached hydrogen (secondary N) is 1. The predicted octanol–water partition coefficient (Wildman–Crippen LogP) is 2.65. The second-order valence-electron chi connectivity index (χ2n) is 8.78. The fraction of sp³-hybridized carbons (Fsp3) is 0.385.